The summed E-state index contributed by atoms with van der Waals surface area (Å²) in [7, 11) is 2.16. The van der Waals surface area contributed by atoms with Gasteiger partial charge < -0.3 is 15.7 Å². The molecule has 3 nitrogen and oxygen atoms in total. The van der Waals surface area contributed by atoms with Crippen molar-refractivity contribution in [1.82, 2.24) is 4.90 Å². The minimum atomic E-state index is -0.630. The summed E-state index contributed by atoms with van der Waals surface area (Å²) in [5, 5.41) is 10.6. The summed E-state index contributed by atoms with van der Waals surface area (Å²) in [5.74, 6) is 1.29. The van der Waals surface area contributed by atoms with Crippen molar-refractivity contribution in [3.8, 4) is 0 Å². The van der Waals surface area contributed by atoms with Gasteiger partial charge in [-0.05, 0) is 44.6 Å². The number of nitrogens with two attached hydrogens (primary N) is 1. The van der Waals surface area contributed by atoms with Gasteiger partial charge in [0.15, 0.2) is 0 Å². The molecule has 100 valence electrons. The summed E-state index contributed by atoms with van der Waals surface area (Å²) in [4.78, 5) is 2.36. The predicted molar refractivity (Wildman–Crippen MR) is 70.8 cm³/mol. The zero-order valence-corrected chi connectivity index (χ0v) is 11.4. The number of aliphatic hydroxyl groups is 1. The molecule has 0 saturated heterocycles. The van der Waals surface area contributed by atoms with E-state index in [2.05, 4.69) is 18.9 Å². The van der Waals surface area contributed by atoms with Crippen LogP contribution in [-0.4, -0.2) is 41.8 Å². The van der Waals surface area contributed by atoms with Crippen LogP contribution >= 0.6 is 0 Å². The Bertz CT molecular complexity index is 255. The Hall–Kier alpha value is -0.120. The van der Waals surface area contributed by atoms with Crippen LogP contribution in [-0.2, 0) is 0 Å². The van der Waals surface area contributed by atoms with E-state index in [1.54, 1.807) is 0 Å². The molecule has 2 saturated carbocycles. The SMILES string of the molecule is CC1CCCC(N(C)CC(O)(CN)C2CC2)C1. The van der Waals surface area contributed by atoms with Gasteiger partial charge >= 0.3 is 0 Å². The second-order valence-electron chi connectivity index (χ2n) is 6.42. The molecule has 0 aromatic rings. The van der Waals surface area contributed by atoms with Gasteiger partial charge in [-0.3, -0.25) is 0 Å². The van der Waals surface area contributed by atoms with Gasteiger partial charge in [0.2, 0.25) is 0 Å². The average Bonchev–Trinajstić information content (AvgIpc) is 3.13. The molecule has 2 aliphatic rings. The van der Waals surface area contributed by atoms with Gasteiger partial charge in [0.1, 0.15) is 0 Å². The van der Waals surface area contributed by atoms with Crippen molar-refractivity contribution in [1.29, 1.82) is 0 Å². The highest BCUT2D eigenvalue weighted by Gasteiger charge is 2.44. The zero-order valence-electron chi connectivity index (χ0n) is 11.4. The van der Waals surface area contributed by atoms with Gasteiger partial charge in [0.05, 0.1) is 5.60 Å². The summed E-state index contributed by atoms with van der Waals surface area (Å²) < 4.78 is 0. The minimum absolute atomic E-state index is 0.407. The van der Waals surface area contributed by atoms with E-state index in [-0.39, 0.29) is 0 Å². The number of rotatable bonds is 5. The van der Waals surface area contributed by atoms with Crippen LogP contribution in [0, 0.1) is 11.8 Å². The number of hydrogen-bond acceptors (Lipinski definition) is 3. The van der Waals surface area contributed by atoms with Crippen molar-refractivity contribution in [2.75, 3.05) is 20.1 Å². The van der Waals surface area contributed by atoms with Crippen LogP contribution in [0.5, 0.6) is 0 Å². The van der Waals surface area contributed by atoms with E-state index in [1.165, 1.54) is 25.7 Å². The lowest BCUT2D eigenvalue weighted by Crippen LogP contribution is -2.52. The summed E-state index contributed by atoms with van der Waals surface area (Å²) >= 11 is 0. The van der Waals surface area contributed by atoms with E-state index in [0.717, 1.165) is 25.3 Å². The van der Waals surface area contributed by atoms with Gasteiger partial charge in [-0.2, -0.15) is 0 Å². The molecule has 0 radical (unpaired) electrons. The number of likely N-dealkylation sites (N-methyl/N-ethyl adjacent to an activating group) is 1. The summed E-state index contributed by atoms with van der Waals surface area (Å²) in [5.41, 5.74) is 5.15. The van der Waals surface area contributed by atoms with Crippen LogP contribution < -0.4 is 5.73 Å². The maximum absolute atomic E-state index is 10.6. The maximum atomic E-state index is 10.6. The van der Waals surface area contributed by atoms with Crippen molar-refractivity contribution in [3.63, 3.8) is 0 Å². The molecule has 3 heteroatoms. The van der Waals surface area contributed by atoms with E-state index in [1.807, 2.05) is 0 Å². The standard InChI is InChI=1S/C14H28N2O/c1-11-4-3-5-13(8-11)16(2)10-14(17,9-15)12-6-7-12/h11-13,17H,3-10,15H2,1-2H3. The van der Waals surface area contributed by atoms with Crippen LogP contribution in [0.15, 0.2) is 0 Å². The lowest BCUT2D eigenvalue weighted by atomic mass is 9.85. The third-order valence-electron chi connectivity index (χ3n) is 4.75. The molecule has 0 amide bonds. The lowest BCUT2D eigenvalue weighted by Gasteiger charge is -2.39. The largest absolute Gasteiger partial charge is 0.387 e. The van der Waals surface area contributed by atoms with Crippen LogP contribution in [0.1, 0.15) is 45.4 Å². The van der Waals surface area contributed by atoms with Crippen molar-refractivity contribution < 1.29 is 5.11 Å². The molecule has 0 bridgehead atoms. The van der Waals surface area contributed by atoms with Crippen LogP contribution in [0.4, 0.5) is 0 Å². The Morgan fingerprint density at radius 3 is 2.53 bits per heavy atom. The first-order valence-corrected chi connectivity index (χ1v) is 7.18. The third kappa shape index (κ3) is 3.21. The quantitative estimate of drug-likeness (QED) is 0.767. The number of nitrogens with zero attached hydrogens (tertiary/aromatic N) is 1. The Morgan fingerprint density at radius 1 is 1.29 bits per heavy atom. The fourth-order valence-corrected chi connectivity index (χ4v) is 3.34. The lowest BCUT2D eigenvalue weighted by molar-refractivity contribution is -0.0178. The highest BCUT2D eigenvalue weighted by atomic mass is 16.3. The van der Waals surface area contributed by atoms with Crippen molar-refractivity contribution in [2.24, 2.45) is 17.6 Å². The van der Waals surface area contributed by atoms with Gasteiger partial charge in [0.25, 0.3) is 0 Å². The highest BCUT2D eigenvalue weighted by Crippen LogP contribution is 2.40. The molecular weight excluding hydrogens is 212 g/mol. The maximum Gasteiger partial charge on any atom is 0.0923 e. The molecule has 0 aliphatic heterocycles. The number of hydrogen-bond donors (Lipinski definition) is 2. The van der Waals surface area contributed by atoms with E-state index in [9.17, 15) is 5.11 Å². The van der Waals surface area contributed by atoms with Crippen LogP contribution in [0.2, 0.25) is 0 Å². The molecule has 2 aliphatic carbocycles. The van der Waals surface area contributed by atoms with Crippen molar-refractivity contribution in [3.05, 3.63) is 0 Å². The Balaban J connectivity index is 1.88. The summed E-state index contributed by atoms with van der Waals surface area (Å²) in [6.07, 6.45) is 7.58. The van der Waals surface area contributed by atoms with Gasteiger partial charge in [0, 0.05) is 19.1 Å². The second kappa shape index (κ2) is 5.25. The molecule has 0 heterocycles. The molecule has 3 atom stereocenters. The first-order valence-electron chi connectivity index (χ1n) is 7.18. The zero-order chi connectivity index (χ0) is 12.5. The molecule has 0 aromatic carbocycles. The van der Waals surface area contributed by atoms with E-state index in [4.69, 9.17) is 5.73 Å². The van der Waals surface area contributed by atoms with Gasteiger partial charge in [-0.25, -0.2) is 0 Å². The Labute approximate surface area is 105 Å². The predicted octanol–water partition coefficient (Wildman–Crippen LogP) is 1.60. The fourth-order valence-electron chi connectivity index (χ4n) is 3.34. The summed E-state index contributed by atoms with van der Waals surface area (Å²) in [6, 6.07) is 0.649. The van der Waals surface area contributed by atoms with Crippen molar-refractivity contribution >= 4 is 0 Å². The van der Waals surface area contributed by atoms with Crippen LogP contribution in [0.25, 0.3) is 0 Å². The fraction of sp³-hybridized carbons (Fsp3) is 1.00. The molecule has 3 unspecified atom stereocenters. The molecule has 3 N–H and O–H groups in total. The third-order valence-corrected chi connectivity index (χ3v) is 4.75. The average molecular weight is 240 g/mol. The Kier molecular flexibility index (Phi) is 4.11. The van der Waals surface area contributed by atoms with E-state index >= 15 is 0 Å². The smallest absolute Gasteiger partial charge is 0.0923 e. The van der Waals surface area contributed by atoms with Crippen molar-refractivity contribution in [2.45, 2.75) is 57.1 Å². The van der Waals surface area contributed by atoms with Crippen LogP contribution in [0.3, 0.4) is 0 Å². The second-order valence-corrected chi connectivity index (χ2v) is 6.42. The normalized spacial score (nSPS) is 33.7. The highest BCUT2D eigenvalue weighted by molar-refractivity contribution is 4.98. The molecule has 0 spiro atoms. The van der Waals surface area contributed by atoms with Gasteiger partial charge in [-0.1, -0.05) is 19.8 Å². The first-order chi connectivity index (χ1) is 8.05. The molecule has 2 fully saturated rings. The molecule has 17 heavy (non-hydrogen) atoms. The molecular formula is C14H28N2O. The van der Waals surface area contributed by atoms with E-state index < -0.39 is 5.60 Å². The molecule has 0 aromatic heterocycles. The summed E-state index contributed by atoms with van der Waals surface area (Å²) in [6.45, 7) is 3.51. The first kappa shape index (κ1) is 13.3. The molecule has 2 rings (SSSR count). The monoisotopic (exact) mass is 240 g/mol. The van der Waals surface area contributed by atoms with E-state index in [0.29, 0.717) is 18.5 Å². The topological polar surface area (TPSA) is 49.5 Å². The minimum Gasteiger partial charge on any atom is -0.387 e. The van der Waals surface area contributed by atoms with Gasteiger partial charge in [-0.15, -0.1) is 0 Å². The Morgan fingerprint density at radius 2 is 2.00 bits per heavy atom.